The fourth-order valence-electron chi connectivity index (χ4n) is 2.94. The van der Waals surface area contributed by atoms with Crippen LogP contribution in [0, 0.1) is 0 Å². The summed E-state index contributed by atoms with van der Waals surface area (Å²) in [4.78, 5) is 24.9. The van der Waals surface area contributed by atoms with Crippen molar-refractivity contribution in [2.24, 2.45) is 0 Å². The molecule has 1 aromatic heterocycles. The van der Waals surface area contributed by atoms with Crippen LogP contribution in [0.1, 0.15) is 22.8 Å². The minimum Gasteiger partial charge on any atom is -0.462 e. The van der Waals surface area contributed by atoms with Crippen molar-refractivity contribution in [3.8, 4) is 11.1 Å². The second-order valence-corrected chi connectivity index (χ2v) is 7.28. The quantitative estimate of drug-likeness (QED) is 0.408. The molecule has 0 unspecified atom stereocenters. The van der Waals surface area contributed by atoms with Crippen molar-refractivity contribution < 1.29 is 14.3 Å². The summed E-state index contributed by atoms with van der Waals surface area (Å²) >= 11 is 1.33. The lowest BCUT2D eigenvalue weighted by Gasteiger charge is -2.09. The number of ether oxygens (including phenoxy) is 1. The number of carbonyl (C=O) groups excluding carboxylic acids is 2. The zero-order valence-electron chi connectivity index (χ0n) is 16.3. The van der Waals surface area contributed by atoms with E-state index in [2.05, 4.69) is 22.8 Å². The van der Waals surface area contributed by atoms with Crippen LogP contribution in [0.4, 0.5) is 5.00 Å². The summed E-state index contributed by atoms with van der Waals surface area (Å²) in [5.41, 5.74) is 3.30. The largest absolute Gasteiger partial charge is 0.462 e. The maximum absolute atomic E-state index is 12.5. The van der Waals surface area contributed by atoms with E-state index >= 15 is 0 Å². The highest BCUT2D eigenvalue weighted by Crippen LogP contribution is 2.36. The van der Waals surface area contributed by atoms with Gasteiger partial charge < -0.3 is 15.4 Å². The standard InChI is InChI=1S/C23H24N2O3S/c1-2-28-23(27)21-19(18-11-7-4-8-12-18)16-29-22(21)25-20(26)15-24-14-13-17-9-5-3-6-10-17/h3-12,16,24H,2,13-15H2,1H3,(H,25,26). The van der Waals surface area contributed by atoms with Gasteiger partial charge in [-0.2, -0.15) is 0 Å². The van der Waals surface area contributed by atoms with Crippen molar-refractivity contribution in [3.05, 3.63) is 77.2 Å². The van der Waals surface area contributed by atoms with Crippen molar-refractivity contribution in [2.45, 2.75) is 13.3 Å². The minimum absolute atomic E-state index is 0.174. The predicted molar refractivity (Wildman–Crippen MR) is 117 cm³/mol. The molecule has 0 aliphatic rings. The lowest BCUT2D eigenvalue weighted by Crippen LogP contribution is -2.29. The Bertz CT molecular complexity index is 939. The monoisotopic (exact) mass is 408 g/mol. The van der Waals surface area contributed by atoms with Crippen LogP contribution in [0.2, 0.25) is 0 Å². The molecule has 2 N–H and O–H groups in total. The molecule has 5 nitrogen and oxygen atoms in total. The van der Waals surface area contributed by atoms with Crippen LogP contribution >= 0.6 is 11.3 Å². The molecule has 3 aromatic rings. The van der Waals surface area contributed by atoms with E-state index < -0.39 is 5.97 Å². The predicted octanol–water partition coefficient (Wildman–Crippen LogP) is 4.36. The van der Waals surface area contributed by atoms with E-state index in [1.807, 2.05) is 53.9 Å². The fourth-order valence-corrected chi connectivity index (χ4v) is 3.91. The van der Waals surface area contributed by atoms with Gasteiger partial charge in [-0.3, -0.25) is 4.79 Å². The Kier molecular flexibility index (Phi) is 7.55. The first-order valence-electron chi connectivity index (χ1n) is 9.57. The number of carbonyl (C=O) groups is 2. The van der Waals surface area contributed by atoms with Crippen LogP contribution in [0.5, 0.6) is 0 Å². The maximum atomic E-state index is 12.5. The first-order valence-corrected chi connectivity index (χ1v) is 10.5. The highest BCUT2D eigenvalue weighted by molar-refractivity contribution is 7.15. The van der Waals surface area contributed by atoms with Gasteiger partial charge in [0.1, 0.15) is 10.6 Å². The van der Waals surface area contributed by atoms with Gasteiger partial charge in [-0.15, -0.1) is 11.3 Å². The second kappa shape index (κ2) is 10.5. The van der Waals surface area contributed by atoms with E-state index in [0.29, 0.717) is 17.1 Å². The van der Waals surface area contributed by atoms with Crippen molar-refractivity contribution in [2.75, 3.05) is 25.0 Å². The first-order chi connectivity index (χ1) is 14.2. The molecular formula is C23H24N2O3S. The lowest BCUT2D eigenvalue weighted by atomic mass is 10.0. The number of hydrogen-bond donors (Lipinski definition) is 2. The van der Waals surface area contributed by atoms with Crippen molar-refractivity contribution in [1.82, 2.24) is 5.32 Å². The Morgan fingerprint density at radius 2 is 1.69 bits per heavy atom. The van der Waals surface area contributed by atoms with E-state index in [1.54, 1.807) is 6.92 Å². The van der Waals surface area contributed by atoms with E-state index in [0.717, 1.165) is 17.5 Å². The van der Waals surface area contributed by atoms with E-state index in [1.165, 1.54) is 16.9 Å². The molecule has 150 valence electrons. The lowest BCUT2D eigenvalue weighted by molar-refractivity contribution is -0.115. The van der Waals surface area contributed by atoms with Crippen LogP contribution in [-0.2, 0) is 16.0 Å². The Hall–Kier alpha value is -2.96. The van der Waals surface area contributed by atoms with Gasteiger partial charge in [0.2, 0.25) is 5.91 Å². The van der Waals surface area contributed by atoms with Crippen molar-refractivity contribution in [3.63, 3.8) is 0 Å². The van der Waals surface area contributed by atoms with Crippen LogP contribution in [0.15, 0.2) is 66.0 Å². The number of benzene rings is 2. The molecule has 1 amide bonds. The van der Waals surface area contributed by atoms with E-state index in [4.69, 9.17) is 4.74 Å². The third-order valence-electron chi connectivity index (χ3n) is 4.33. The molecule has 3 rings (SSSR count). The van der Waals surface area contributed by atoms with Crippen LogP contribution in [-0.4, -0.2) is 31.6 Å². The van der Waals surface area contributed by atoms with Gasteiger partial charge in [0.05, 0.1) is 13.2 Å². The molecule has 0 fully saturated rings. The van der Waals surface area contributed by atoms with Crippen LogP contribution < -0.4 is 10.6 Å². The van der Waals surface area contributed by atoms with E-state index in [-0.39, 0.29) is 19.1 Å². The van der Waals surface area contributed by atoms with Crippen molar-refractivity contribution in [1.29, 1.82) is 0 Å². The number of rotatable bonds is 9. The van der Waals surface area contributed by atoms with Gasteiger partial charge in [-0.1, -0.05) is 60.7 Å². The number of esters is 1. The Balaban J connectivity index is 1.64. The zero-order chi connectivity index (χ0) is 20.5. The molecule has 0 bridgehead atoms. The average Bonchev–Trinajstić information content (AvgIpc) is 3.16. The number of thiophene rings is 1. The summed E-state index contributed by atoms with van der Waals surface area (Å²) in [5, 5.41) is 8.38. The molecule has 0 radical (unpaired) electrons. The Labute approximate surface area is 174 Å². The molecule has 0 saturated heterocycles. The third kappa shape index (κ3) is 5.76. The topological polar surface area (TPSA) is 67.4 Å². The minimum atomic E-state index is -0.431. The average molecular weight is 409 g/mol. The summed E-state index contributed by atoms with van der Waals surface area (Å²) in [5.74, 6) is -0.620. The van der Waals surface area contributed by atoms with E-state index in [9.17, 15) is 9.59 Å². The highest BCUT2D eigenvalue weighted by atomic mass is 32.1. The number of amides is 1. The zero-order valence-corrected chi connectivity index (χ0v) is 17.1. The second-order valence-electron chi connectivity index (χ2n) is 6.40. The van der Waals surface area contributed by atoms with Gasteiger partial charge in [-0.25, -0.2) is 4.79 Å². The normalized spacial score (nSPS) is 10.5. The van der Waals surface area contributed by atoms with Gasteiger partial charge in [-0.05, 0) is 31.0 Å². The Morgan fingerprint density at radius 3 is 2.38 bits per heavy atom. The summed E-state index contributed by atoms with van der Waals surface area (Å²) < 4.78 is 5.22. The fraction of sp³-hybridized carbons (Fsp3) is 0.217. The Morgan fingerprint density at radius 1 is 1.00 bits per heavy atom. The van der Waals surface area contributed by atoms with Gasteiger partial charge in [0, 0.05) is 10.9 Å². The smallest absolute Gasteiger partial charge is 0.341 e. The van der Waals surface area contributed by atoms with Gasteiger partial charge in [0.25, 0.3) is 0 Å². The molecule has 29 heavy (non-hydrogen) atoms. The third-order valence-corrected chi connectivity index (χ3v) is 5.22. The number of anilines is 1. The SMILES string of the molecule is CCOC(=O)c1c(-c2ccccc2)csc1NC(=O)CNCCc1ccccc1. The summed E-state index contributed by atoms with van der Waals surface area (Å²) in [6.07, 6.45) is 0.847. The van der Waals surface area contributed by atoms with Crippen LogP contribution in [0.25, 0.3) is 11.1 Å². The van der Waals surface area contributed by atoms with Crippen LogP contribution in [0.3, 0.4) is 0 Å². The summed E-state index contributed by atoms with van der Waals surface area (Å²) in [6.45, 7) is 2.91. The molecule has 0 atom stereocenters. The molecule has 6 heteroatoms. The molecule has 0 saturated carbocycles. The van der Waals surface area contributed by atoms with Gasteiger partial charge in [0.15, 0.2) is 0 Å². The number of nitrogens with one attached hydrogen (secondary N) is 2. The molecule has 0 spiro atoms. The maximum Gasteiger partial charge on any atom is 0.341 e. The van der Waals surface area contributed by atoms with Crippen molar-refractivity contribution >= 4 is 28.2 Å². The molecular weight excluding hydrogens is 384 g/mol. The first kappa shape index (κ1) is 20.8. The molecule has 1 heterocycles. The molecule has 2 aromatic carbocycles. The van der Waals surface area contributed by atoms with Gasteiger partial charge >= 0.3 is 5.97 Å². The summed E-state index contributed by atoms with van der Waals surface area (Å²) in [7, 11) is 0. The molecule has 0 aliphatic carbocycles. The highest BCUT2D eigenvalue weighted by Gasteiger charge is 2.22. The molecule has 0 aliphatic heterocycles. The number of hydrogen-bond acceptors (Lipinski definition) is 5. The summed E-state index contributed by atoms with van der Waals surface area (Å²) in [6, 6.07) is 19.7.